The van der Waals surface area contributed by atoms with Gasteiger partial charge in [0, 0.05) is 11.6 Å². The lowest BCUT2D eigenvalue weighted by molar-refractivity contribution is -0.138. The van der Waals surface area contributed by atoms with Gasteiger partial charge in [0.15, 0.2) is 0 Å². The van der Waals surface area contributed by atoms with Crippen LogP contribution in [0.2, 0.25) is 0 Å². The molecular weight excluding hydrogens is 308 g/mol. The normalized spacial score (nSPS) is 18.7. The largest absolute Gasteiger partial charge is 0.480 e. The van der Waals surface area contributed by atoms with E-state index in [4.69, 9.17) is 5.11 Å². The standard InChI is InChI=1S/C14H18N2O5S/c1-8-6-11-7-10(13(17)15-9(2)14(18)19)4-5-12(11)16(8)22(3,20)21/h4-5,7-9H,6H2,1-3H3,(H,15,17)(H,18,19)/t8?,9-/m1/s1. The maximum atomic E-state index is 12.0. The van der Waals surface area contributed by atoms with Crippen molar-refractivity contribution < 1.29 is 23.1 Å². The van der Waals surface area contributed by atoms with Crippen molar-refractivity contribution in [3.05, 3.63) is 29.3 Å². The number of carbonyl (C=O) groups is 2. The molecular formula is C14H18N2O5S. The van der Waals surface area contributed by atoms with E-state index in [1.807, 2.05) is 0 Å². The molecule has 22 heavy (non-hydrogen) atoms. The molecule has 1 aliphatic rings. The molecule has 0 saturated carbocycles. The van der Waals surface area contributed by atoms with E-state index in [1.165, 1.54) is 17.3 Å². The van der Waals surface area contributed by atoms with Crippen molar-refractivity contribution in [2.45, 2.75) is 32.4 Å². The summed E-state index contributed by atoms with van der Waals surface area (Å²) in [6.07, 6.45) is 1.66. The van der Waals surface area contributed by atoms with E-state index in [2.05, 4.69) is 5.32 Å². The Morgan fingerprint density at radius 3 is 2.59 bits per heavy atom. The highest BCUT2D eigenvalue weighted by molar-refractivity contribution is 7.92. The summed E-state index contributed by atoms with van der Waals surface area (Å²) < 4.78 is 25.0. The van der Waals surface area contributed by atoms with Crippen LogP contribution in [0.25, 0.3) is 0 Å². The van der Waals surface area contributed by atoms with E-state index >= 15 is 0 Å². The molecule has 8 heteroatoms. The number of carbonyl (C=O) groups excluding carboxylic acids is 1. The molecule has 0 saturated heterocycles. The fourth-order valence-corrected chi connectivity index (χ4v) is 3.85. The van der Waals surface area contributed by atoms with Crippen molar-refractivity contribution in [1.82, 2.24) is 5.32 Å². The topological polar surface area (TPSA) is 104 Å². The monoisotopic (exact) mass is 326 g/mol. The molecule has 0 aromatic heterocycles. The quantitative estimate of drug-likeness (QED) is 0.843. The smallest absolute Gasteiger partial charge is 0.325 e. The van der Waals surface area contributed by atoms with Crippen molar-refractivity contribution in [2.75, 3.05) is 10.6 Å². The van der Waals surface area contributed by atoms with Crippen molar-refractivity contribution in [2.24, 2.45) is 0 Å². The molecule has 0 radical (unpaired) electrons. The first-order valence-electron chi connectivity index (χ1n) is 6.77. The third kappa shape index (κ3) is 3.06. The number of sulfonamides is 1. The zero-order chi connectivity index (χ0) is 16.7. The van der Waals surface area contributed by atoms with Crippen LogP contribution in [0, 0.1) is 0 Å². The molecule has 0 bridgehead atoms. The van der Waals surface area contributed by atoms with Crippen LogP contribution in [0.4, 0.5) is 5.69 Å². The van der Waals surface area contributed by atoms with Gasteiger partial charge in [-0.15, -0.1) is 0 Å². The first-order chi connectivity index (χ1) is 10.1. The average molecular weight is 326 g/mol. The number of carboxylic acid groups (broad SMARTS) is 1. The van der Waals surface area contributed by atoms with E-state index in [9.17, 15) is 18.0 Å². The number of nitrogens with zero attached hydrogens (tertiary/aromatic N) is 1. The summed E-state index contributed by atoms with van der Waals surface area (Å²) in [6.45, 7) is 3.17. The number of hydrogen-bond donors (Lipinski definition) is 2. The van der Waals surface area contributed by atoms with Crippen molar-refractivity contribution in [3.8, 4) is 0 Å². The number of fused-ring (bicyclic) bond motifs is 1. The second-order valence-corrected chi connectivity index (χ2v) is 7.35. The fraction of sp³-hybridized carbons (Fsp3) is 0.429. The molecule has 1 heterocycles. The molecule has 2 rings (SSSR count). The second-order valence-electron chi connectivity index (χ2n) is 5.49. The van der Waals surface area contributed by atoms with Gasteiger partial charge in [0.2, 0.25) is 10.0 Å². The Kier molecular flexibility index (Phi) is 4.15. The molecule has 120 valence electrons. The van der Waals surface area contributed by atoms with Gasteiger partial charge in [-0.3, -0.25) is 13.9 Å². The van der Waals surface area contributed by atoms with Crippen LogP contribution in [-0.2, 0) is 21.2 Å². The lowest BCUT2D eigenvalue weighted by Crippen LogP contribution is -2.38. The first kappa shape index (κ1) is 16.3. The molecule has 1 amide bonds. The highest BCUT2D eigenvalue weighted by Gasteiger charge is 2.32. The molecule has 1 unspecified atom stereocenters. The molecule has 1 aliphatic heterocycles. The lowest BCUT2D eigenvalue weighted by atomic mass is 10.1. The Balaban J connectivity index is 2.29. The predicted molar refractivity (Wildman–Crippen MR) is 81.5 cm³/mol. The van der Waals surface area contributed by atoms with Crippen LogP contribution in [0.1, 0.15) is 29.8 Å². The third-order valence-corrected chi connectivity index (χ3v) is 4.84. The van der Waals surface area contributed by atoms with Crippen molar-refractivity contribution in [1.29, 1.82) is 0 Å². The average Bonchev–Trinajstić information content (AvgIpc) is 2.72. The van der Waals surface area contributed by atoms with Gasteiger partial charge in [0.25, 0.3) is 5.91 Å². The summed E-state index contributed by atoms with van der Waals surface area (Å²) in [4.78, 5) is 22.8. The van der Waals surface area contributed by atoms with Crippen molar-refractivity contribution >= 4 is 27.6 Å². The van der Waals surface area contributed by atoms with Gasteiger partial charge in [0.1, 0.15) is 6.04 Å². The number of aliphatic carboxylic acids is 1. The van der Waals surface area contributed by atoms with Gasteiger partial charge in [-0.1, -0.05) is 0 Å². The summed E-state index contributed by atoms with van der Waals surface area (Å²) in [5.74, 6) is -1.62. The number of carboxylic acids is 1. The van der Waals surface area contributed by atoms with Gasteiger partial charge in [-0.05, 0) is 44.0 Å². The van der Waals surface area contributed by atoms with E-state index < -0.39 is 27.9 Å². The SMILES string of the molecule is CC1Cc2cc(C(=O)N[C@H](C)C(=O)O)ccc2N1S(C)(=O)=O. The van der Waals surface area contributed by atoms with Crippen LogP contribution >= 0.6 is 0 Å². The van der Waals surface area contributed by atoms with Crippen molar-refractivity contribution in [3.63, 3.8) is 0 Å². The fourth-order valence-electron chi connectivity index (χ4n) is 2.59. The molecule has 0 aliphatic carbocycles. The Morgan fingerprint density at radius 1 is 1.41 bits per heavy atom. The molecule has 7 nitrogen and oxygen atoms in total. The number of amides is 1. The number of anilines is 1. The van der Waals surface area contributed by atoms with Crippen LogP contribution in [0.3, 0.4) is 0 Å². The van der Waals surface area contributed by atoms with E-state index in [0.717, 1.165) is 11.8 Å². The van der Waals surface area contributed by atoms with E-state index in [0.29, 0.717) is 17.7 Å². The highest BCUT2D eigenvalue weighted by atomic mass is 32.2. The van der Waals surface area contributed by atoms with Gasteiger partial charge < -0.3 is 10.4 Å². The Labute approximate surface area is 129 Å². The maximum absolute atomic E-state index is 12.0. The minimum atomic E-state index is -3.37. The minimum absolute atomic E-state index is 0.207. The summed E-state index contributed by atoms with van der Waals surface area (Å²) >= 11 is 0. The van der Waals surface area contributed by atoms with Crippen LogP contribution < -0.4 is 9.62 Å². The number of hydrogen-bond acceptors (Lipinski definition) is 4. The molecule has 2 atom stereocenters. The summed E-state index contributed by atoms with van der Waals surface area (Å²) in [5, 5.41) is 11.2. The van der Waals surface area contributed by atoms with Crippen LogP contribution in [0.15, 0.2) is 18.2 Å². The van der Waals surface area contributed by atoms with E-state index in [1.54, 1.807) is 19.1 Å². The molecule has 0 fully saturated rings. The van der Waals surface area contributed by atoms with Gasteiger partial charge in [0.05, 0.1) is 11.9 Å². The lowest BCUT2D eigenvalue weighted by Gasteiger charge is -2.22. The zero-order valence-corrected chi connectivity index (χ0v) is 13.3. The zero-order valence-electron chi connectivity index (χ0n) is 12.5. The van der Waals surface area contributed by atoms with E-state index in [-0.39, 0.29) is 6.04 Å². The maximum Gasteiger partial charge on any atom is 0.325 e. The Hall–Kier alpha value is -2.09. The minimum Gasteiger partial charge on any atom is -0.480 e. The number of benzene rings is 1. The summed E-state index contributed by atoms with van der Waals surface area (Å²) in [5.41, 5.74) is 1.64. The summed E-state index contributed by atoms with van der Waals surface area (Å²) in [7, 11) is -3.37. The Morgan fingerprint density at radius 2 is 2.05 bits per heavy atom. The number of rotatable bonds is 4. The third-order valence-electron chi connectivity index (χ3n) is 3.57. The second kappa shape index (κ2) is 5.60. The summed E-state index contributed by atoms with van der Waals surface area (Å²) in [6, 6.07) is 3.49. The molecule has 1 aromatic carbocycles. The van der Waals surface area contributed by atoms with Gasteiger partial charge in [-0.25, -0.2) is 8.42 Å². The van der Waals surface area contributed by atoms with Gasteiger partial charge >= 0.3 is 5.97 Å². The molecule has 0 spiro atoms. The highest BCUT2D eigenvalue weighted by Crippen LogP contribution is 2.34. The molecule has 2 N–H and O–H groups in total. The number of nitrogens with one attached hydrogen (secondary N) is 1. The Bertz CT molecular complexity index is 729. The molecule has 1 aromatic rings. The van der Waals surface area contributed by atoms with Crippen LogP contribution in [0.5, 0.6) is 0 Å². The first-order valence-corrected chi connectivity index (χ1v) is 8.62. The van der Waals surface area contributed by atoms with Gasteiger partial charge in [-0.2, -0.15) is 0 Å². The van der Waals surface area contributed by atoms with Crippen LogP contribution in [-0.4, -0.2) is 43.7 Å². The predicted octanol–water partition coefficient (Wildman–Crippen LogP) is 0.600.